The fourth-order valence-corrected chi connectivity index (χ4v) is 4.30. The van der Waals surface area contributed by atoms with Crippen LogP contribution in [0.2, 0.25) is 0 Å². The Morgan fingerprint density at radius 2 is 1.69 bits per heavy atom. The molecule has 1 aromatic rings. The van der Waals surface area contributed by atoms with E-state index < -0.39 is 5.60 Å². The van der Waals surface area contributed by atoms with Gasteiger partial charge < -0.3 is 4.74 Å². The highest BCUT2D eigenvalue weighted by Crippen LogP contribution is 2.31. The third kappa shape index (κ3) is 5.31. The minimum atomic E-state index is -0.395. The van der Waals surface area contributed by atoms with Gasteiger partial charge in [0.15, 0.2) is 0 Å². The molecule has 2 fully saturated rings. The summed E-state index contributed by atoms with van der Waals surface area (Å²) in [6, 6.07) is 11.1. The van der Waals surface area contributed by atoms with Gasteiger partial charge in [-0.2, -0.15) is 0 Å². The monoisotopic (exact) mass is 358 g/mol. The summed E-state index contributed by atoms with van der Waals surface area (Å²) in [7, 11) is 0. The molecule has 1 aliphatic heterocycles. The third-order valence-electron chi connectivity index (χ3n) is 5.56. The Morgan fingerprint density at radius 1 is 1.04 bits per heavy atom. The van der Waals surface area contributed by atoms with Crippen LogP contribution in [0, 0.1) is 5.92 Å². The number of carbonyl (C=O) groups excluding carboxylic acids is 1. The van der Waals surface area contributed by atoms with Crippen LogP contribution in [0.3, 0.4) is 0 Å². The van der Waals surface area contributed by atoms with E-state index in [0.717, 1.165) is 52.0 Å². The molecule has 4 heteroatoms. The van der Waals surface area contributed by atoms with Crippen LogP contribution in [0.1, 0.15) is 52.0 Å². The number of nitrogens with zero attached hydrogens (tertiary/aromatic N) is 2. The number of ether oxygens (including phenoxy) is 1. The fraction of sp³-hybridized carbons (Fsp3) is 0.682. The first-order valence-corrected chi connectivity index (χ1v) is 10.2. The third-order valence-corrected chi connectivity index (χ3v) is 5.56. The molecule has 144 valence electrons. The van der Waals surface area contributed by atoms with E-state index in [4.69, 9.17) is 4.74 Å². The largest absolute Gasteiger partial charge is 0.460 e. The minimum Gasteiger partial charge on any atom is -0.460 e. The zero-order chi connectivity index (χ0) is 18.6. The summed E-state index contributed by atoms with van der Waals surface area (Å²) in [6.45, 7) is 11.2. The van der Waals surface area contributed by atoms with Crippen molar-refractivity contribution in [2.24, 2.45) is 5.92 Å². The molecular weight excluding hydrogens is 324 g/mol. The van der Waals surface area contributed by atoms with E-state index in [1.54, 1.807) is 0 Å². The second kappa shape index (κ2) is 8.53. The highest BCUT2D eigenvalue weighted by atomic mass is 16.6. The van der Waals surface area contributed by atoms with Crippen LogP contribution in [0.5, 0.6) is 0 Å². The van der Waals surface area contributed by atoms with Gasteiger partial charge in [0, 0.05) is 38.8 Å². The first-order chi connectivity index (χ1) is 12.4. The molecule has 2 aliphatic rings. The maximum Gasteiger partial charge on any atom is 0.311 e. The summed E-state index contributed by atoms with van der Waals surface area (Å²) in [5, 5.41) is 0. The van der Waals surface area contributed by atoms with Crippen molar-refractivity contribution in [3.63, 3.8) is 0 Å². The van der Waals surface area contributed by atoms with E-state index in [0.29, 0.717) is 6.04 Å². The Morgan fingerprint density at radius 3 is 2.35 bits per heavy atom. The standard InChI is InChI=1S/C22H34N2O2/c1-22(2,3)26-21(25)19-11-7-8-12-20(19)24-15-13-23(14-16-24)17-18-9-5-4-6-10-18/h4-6,9-10,19-20H,7-8,11-17H2,1-3H3. The SMILES string of the molecule is CC(C)(C)OC(=O)C1CCCCC1N1CCN(Cc2ccccc2)CC1. The number of esters is 1. The average molecular weight is 359 g/mol. The van der Waals surface area contributed by atoms with Gasteiger partial charge >= 0.3 is 5.97 Å². The quantitative estimate of drug-likeness (QED) is 0.768. The van der Waals surface area contributed by atoms with Crippen molar-refractivity contribution in [1.82, 2.24) is 9.80 Å². The highest BCUT2D eigenvalue weighted by Gasteiger charge is 2.38. The van der Waals surface area contributed by atoms with E-state index >= 15 is 0 Å². The van der Waals surface area contributed by atoms with Crippen LogP contribution in [0.15, 0.2) is 30.3 Å². The Hall–Kier alpha value is -1.39. The lowest BCUT2D eigenvalue weighted by molar-refractivity contribution is -0.164. The second-order valence-electron chi connectivity index (χ2n) is 8.79. The lowest BCUT2D eigenvalue weighted by Crippen LogP contribution is -2.54. The smallest absolute Gasteiger partial charge is 0.311 e. The van der Waals surface area contributed by atoms with E-state index in [-0.39, 0.29) is 11.9 Å². The molecule has 1 aromatic carbocycles. The maximum atomic E-state index is 12.7. The van der Waals surface area contributed by atoms with Gasteiger partial charge in [-0.15, -0.1) is 0 Å². The van der Waals surface area contributed by atoms with Crippen LogP contribution in [-0.4, -0.2) is 53.6 Å². The van der Waals surface area contributed by atoms with Crippen molar-refractivity contribution >= 4 is 5.97 Å². The maximum absolute atomic E-state index is 12.7. The number of piperazine rings is 1. The first-order valence-electron chi connectivity index (χ1n) is 10.2. The topological polar surface area (TPSA) is 32.8 Å². The molecular formula is C22H34N2O2. The van der Waals surface area contributed by atoms with Gasteiger partial charge in [-0.1, -0.05) is 43.2 Å². The molecule has 0 N–H and O–H groups in total. The van der Waals surface area contributed by atoms with E-state index in [9.17, 15) is 4.79 Å². The van der Waals surface area contributed by atoms with Crippen molar-refractivity contribution in [2.75, 3.05) is 26.2 Å². The predicted octanol–water partition coefficient (Wildman–Crippen LogP) is 3.70. The number of rotatable bonds is 4. The molecule has 1 aliphatic carbocycles. The molecule has 0 spiro atoms. The van der Waals surface area contributed by atoms with E-state index in [1.807, 2.05) is 20.8 Å². The molecule has 1 heterocycles. The Balaban J connectivity index is 1.55. The normalized spacial score (nSPS) is 25.8. The van der Waals surface area contributed by atoms with Gasteiger partial charge in [0.2, 0.25) is 0 Å². The number of carbonyl (C=O) groups is 1. The van der Waals surface area contributed by atoms with Gasteiger partial charge in [-0.05, 0) is 39.2 Å². The summed E-state index contributed by atoms with van der Waals surface area (Å²) >= 11 is 0. The zero-order valence-electron chi connectivity index (χ0n) is 16.6. The molecule has 4 nitrogen and oxygen atoms in total. The molecule has 3 rings (SSSR count). The van der Waals surface area contributed by atoms with Crippen molar-refractivity contribution < 1.29 is 9.53 Å². The van der Waals surface area contributed by atoms with Crippen molar-refractivity contribution in [1.29, 1.82) is 0 Å². The van der Waals surface area contributed by atoms with Crippen molar-refractivity contribution in [2.45, 2.75) is 64.6 Å². The van der Waals surface area contributed by atoms with E-state index in [1.165, 1.54) is 12.0 Å². The number of benzene rings is 1. The molecule has 1 saturated carbocycles. The first kappa shape index (κ1) is 19.4. The summed E-state index contributed by atoms with van der Waals surface area (Å²) in [5.74, 6) is 0.0533. The molecule has 0 bridgehead atoms. The Bertz CT molecular complexity index is 574. The van der Waals surface area contributed by atoms with Crippen LogP contribution < -0.4 is 0 Å². The van der Waals surface area contributed by atoms with Crippen molar-refractivity contribution in [3.05, 3.63) is 35.9 Å². The van der Waals surface area contributed by atoms with Crippen LogP contribution in [-0.2, 0) is 16.1 Å². The molecule has 2 atom stereocenters. The summed E-state index contributed by atoms with van der Waals surface area (Å²) < 4.78 is 5.72. The molecule has 0 radical (unpaired) electrons. The summed E-state index contributed by atoms with van der Waals surface area (Å²) in [4.78, 5) is 17.8. The molecule has 26 heavy (non-hydrogen) atoms. The average Bonchev–Trinajstić information content (AvgIpc) is 2.62. The Kier molecular flexibility index (Phi) is 6.36. The summed E-state index contributed by atoms with van der Waals surface area (Å²) in [5.41, 5.74) is 0.984. The lowest BCUT2D eigenvalue weighted by Gasteiger charge is -2.43. The van der Waals surface area contributed by atoms with Gasteiger partial charge in [-0.25, -0.2) is 0 Å². The second-order valence-corrected chi connectivity index (χ2v) is 8.79. The number of hydrogen-bond donors (Lipinski definition) is 0. The van der Waals surface area contributed by atoms with Gasteiger partial charge in [-0.3, -0.25) is 14.6 Å². The predicted molar refractivity (Wildman–Crippen MR) is 105 cm³/mol. The summed E-state index contributed by atoms with van der Waals surface area (Å²) in [6.07, 6.45) is 4.48. The highest BCUT2D eigenvalue weighted by molar-refractivity contribution is 5.74. The lowest BCUT2D eigenvalue weighted by atomic mass is 9.83. The zero-order valence-corrected chi connectivity index (χ0v) is 16.6. The van der Waals surface area contributed by atoms with Crippen LogP contribution >= 0.6 is 0 Å². The molecule has 0 amide bonds. The molecule has 2 unspecified atom stereocenters. The van der Waals surface area contributed by atoms with E-state index in [2.05, 4.69) is 40.1 Å². The van der Waals surface area contributed by atoms with Gasteiger partial charge in [0.25, 0.3) is 0 Å². The fourth-order valence-electron chi connectivity index (χ4n) is 4.30. The van der Waals surface area contributed by atoms with Crippen LogP contribution in [0.25, 0.3) is 0 Å². The minimum absolute atomic E-state index is 0.00825. The van der Waals surface area contributed by atoms with Crippen LogP contribution in [0.4, 0.5) is 0 Å². The van der Waals surface area contributed by atoms with Gasteiger partial charge in [0.1, 0.15) is 5.60 Å². The molecule has 0 aromatic heterocycles. The Labute approximate surface area is 158 Å². The van der Waals surface area contributed by atoms with Gasteiger partial charge in [0.05, 0.1) is 5.92 Å². The molecule has 1 saturated heterocycles. The van der Waals surface area contributed by atoms with Crippen molar-refractivity contribution in [3.8, 4) is 0 Å². The number of hydrogen-bond acceptors (Lipinski definition) is 4.